The van der Waals surface area contributed by atoms with Crippen LogP contribution in [0, 0.1) is 0 Å². The first-order valence-corrected chi connectivity index (χ1v) is 9.13. The van der Waals surface area contributed by atoms with E-state index in [1.54, 1.807) is 0 Å². The van der Waals surface area contributed by atoms with E-state index in [1.165, 1.54) is 12.1 Å². The third-order valence-corrected chi connectivity index (χ3v) is 5.38. The molecule has 2 aromatic heterocycles. The molecule has 4 heterocycles. The van der Waals surface area contributed by atoms with Crippen molar-refractivity contribution in [3.05, 3.63) is 47.8 Å². The number of nitrogens with zero attached hydrogens (tertiary/aromatic N) is 3. The largest absolute Gasteiger partial charge is 0.474 e. The lowest BCUT2D eigenvalue weighted by atomic mass is 9.99. The number of alkyl halides is 6. The van der Waals surface area contributed by atoms with Gasteiger partial charge in [-0.3, -0.25) is 0 Å². The van der Waals surface area contributed by atoms with Gasteiger partial charge in [0.25, 0.3) is 0 Å². The number of ether oxygens (including phenoxy) is 1. The Morgan fingerprint density at radius 1 is 0.793 bits per heavy atom. The lowest BCUT2D eigenvalue weighted by Crippen LogP contribution is -2.46. The van der Waals surface area contributed by atoms with Crippen LogP contribution < -0.4 is 9.64 Å². The summed E-state index contributed by atoms with van der Waals surface area (Å²) >= 11 is 0. The maximum Gasteiger partial charge on any atom is 0.417 e. The highest BCUT2D eigenvalue weighted by Crippen LogP contribution is 2.40. The molecule has 2 bridgehead atoms. The van der Waals surface area contributed by atoms with Crippen molar-refractivity contribution in [1.82, 2.24) is 9.97 Å². The van der Waals surface area contributed by atoms with Crippen molar-refractivity contribution in [3.8, 4) is 5.88 Å². The van der Waals surface area contributed by atoms with Gasteiger partial charge in [-0.2, -0.15) is 26.3 Å². The molecule has 2 saturated heterocycles. The van der Waals surface area contributed by atoms with Gasteiger partial charge >= 0.3 is 12.4 Å². The molecule has 0 radical (unpaired) electrons. The fourth-order valence-corrected chi connectivity index (χ4v) is 4.09. The normalized spacial score (nSPS) is 24.6. The van der Waals surface area contributed by atoms with E-state index >= 15 is 0 Å². The highest BCUT2D eigenvalue weighted by molar-refractivity contribution is 5.45. The van der Waals surface area contributed by atoms with Gasteiger partial charge in [-0.15, -0.1) is 0 Å². The van der Waals surface area contributed by atoms with Gasteiger partial charge in [0.1, 0.15) is 11.9 Å². The van der Waals surface area contributed by atoms with Crippen LogP contribution in [-0.2, 0) is 12.4 Å². The Bertz CT molecular complexity index is 836. The number of pyridine rings is 2. The second kappa shape index (κ2) is 7.07. The average Bonchev–Trinajstić information content (AvgIpc) is 2.91. The van der Waals surface area contributed by atoms with E-state index in [-0.39, 0.29) is 24.1 Å². The first kappa shape index (κ1) is 19.8. The number of rotatable bonds is 3. The van der Waals surface area contributed by atoms with Crippen LogP contribution in [0.3, 0.4) is 0 Å². The van der Waals surface area contributed by atoms with Crippen LogP contribution in [0.25, 0.3) is 0 Å². The predicted molar refractivity (Wildman–Crippen MR) is 91.4 cm³/mol. The molecule has 10 heteroatoms. The van der Waals surface area contributed by atoms with Crippen molar-refractivity contribution < 1.29 is 31.1 Å². The first-order valence-electron chi connectivity index (χ1n) is 9.13. The highest BCUT2D eigenvalue weighted by atomic mass is 19.4. The third-order valence-electron chi connectivity index (χ3n) is 5.38. The zero-order valence-corrected chi connectivity index (χ0v) is 15.0. The molecular weight excluding hydrogens is 400 g/mol. The number of fused-ring (bicyclic) bond motifs is 2. The molecule has 0 saturated carbocycles. The van der Waals surface area contributed by atoms with Crippen LogP contribution in [0.15, 0.2) is 36.7 Å². The summed E-state index contributed by atoms with van der Waals surface area (Å²) in [6.45, 7) is 0. The summed E-state index contributed by atoms with van der Waals surface area (Å²) in [4.78, 5) is 9.77. The first-order chi connectivity index (χ1) is 13.6. The van der Waals surface area contributed by atoms with Crippen molar-refractivity contribution in [2.24, 2.45) is 0 Å². The van der Waals surface area contributed by atoms with Crippen molar-refractivity contribution in [1.29, 1.82) is 0 Å². The molecule has 0 spiro atoms. The van der Waals surface area contributed by atoms with Gasteiger partial charge in [0.2, 0.25) is 5.88 Å². The van der Waals surface area contributed by atoms with Crippen LogP contribution in [0.1, 0.15) is 36.8 Å². The highest BCUT2D eigenvalue weighted by Gasteiger charge is 2.43. The van der Waals surface area contributed by atoms with Crippen LogP contribution in [-0.4, -0.2) is 28.2 Å². The molecule has 4 rings (SSSR count). The molecule has 2 atom stereocenters. The maximum atomic E-state index is 12.7. The van der Waals surface area contributed by atoms with Crippen molar-refractivity contribution >= 4 is 5.82 Å². The second-order valence-corrected chi connectivity index (χ2v) is 7.29. The molecule has 2 aliphatic rings. The third kappa shape index (κ3) is 4.11. The molecule has 0 aromatic carbocycles. The molecule has 0 amide bonds. The molecule has 156 valence electrons. The Hall–Kier alpha value is -2.52. The lowest BCUT2D eigenvalue weighted by molar-refractivity contribution is -0.138. The van der Waals surface area contributed by atoms with Gasteiger partial charge in [0, 0.05) is 43.4 Å². The minimum absolute atomic E-state index is 0.0532. The Labute approximate surface area is 162 Å². The van der Waals surface area contributed by atoms with E-state index in [0.717, 1.165) is 37.4 Å². The van der Waals surface area contributed by atoms with E-state index in [9.17, 15) is 26.3 Å². The molecular formula is C19H17F6N3O. The van der Waals surface area contributed by atoms with E-state index in [4.69, 9.17) is 4.74 Å². The molecule has 2 fully saturated rings. The van der Waals surface area contributed by atoms with Gasteiger partial charge < -0.3 is 9.64 Å². The zero-order chi connectivity index (χ0) is 20.8. The number of anilines is 1. The van der Waals surface area contributed by atoms with Gasteiger partial charge in [0.15, 0.2) is 0 Å². The average molecular weight is 417 g/mol. The molecule has 0 N–H and O–H groups in total. The Balaban J connectivity index is 1.43. The lowest BCUT2D eigenvalue weighted by Gasteiger charge is -2.39. The Kier molecular flexibility index (Phi) is 4.82. The SMILES string of the molecule is FC(F)(F)c1ccc(OC2CC3CCC(C2)N3c2ccc(C(F)(F)F)cn2)nc1. The smallest absolute Gasteiger partial charge is 0.417 e. The zero-order valence-electron chi connectivity index (χ0n) is 15.0. The van der Waals surface area contributed by atoms with Crippen molar-refractivity contribution in [3.63, 3.8) is 0 Å². The Morgan fingerprint density at radius 2 is 1.34 bits per heavy atom. The standard InChI is InChI=1S/C19H17F6N3O/c20-18(21,22)11-1-5-16(26-9-11)28-13-3-4-14(28)8-15(7-13)29-17-6-2-12(10-27-17)19(23,24)25/h1-2,5-6,9-10,13-15H,3-4,7-8H2. The van der Waals surface area contributed by atoms with E-state index in [1.807, 2.05) is 4.90 Å². The van der Waals surface area contributed by atoms with E-state index < -0.39 is 23.5 Å². The second-order valence-electron chi connectivity index (χ2n) is 7.29. The fraction of sp³-hybridized carbons (Fsp3) is 0.474. The minimum atomic E-state index is -4.45. The predicted octanol–water partition coefficient (Wildman–Crippen LogP) is 5.09. The van der Waals surface area contributed by atoms with Gasteiger partial charge in [0.05, 0.1) is 11.1 Å². The number of hydrogen-bond acceptors (Lipinski definition) is 4. The van der Waals surface area contributed by atoms with Gasteiger partial charge in [-0.25, -0.2) is 9.97 Å². The summed E-state index contributed by atoms with van der Waals surface area (Å²) < 4.78 is 81.9. The quantitative estimate of drug-likeness (QED) is 0.652. The minimum Gasteiger partial charge on any atom is -0.474 e. The fourth-order valence-electron chi connectivity index (χ4n) is 4.09. The molecule has 2 aliphatic heterocycles. The molecule has 2 unspecified atom stereocenters. The van der Waals surface area contributed by atoms with E-state index in [2.05, 4.69) is 9.97 Å². The van der Waals surface area contributed by atoms with Crippen LogP contribution in [0.2, 0.25) is 0 Å². The van der Waals surface area contributed by atoms with Crippen molar-refractivity contribution in [2.45, 2.75) is 56.2 Å². The van der Waals surface area contributed by atoms with Gasteiger partial charge in [-0.1, -0.05) is 0 Å². The summed E-state index contributed by atoms with van der Waals surface area (Å²) in [5.74, 6) is 0.625. The number of halogens is 6. The molecule has 0 aliphatic carbocycles. The molecule has 4 nitrogen and oxygen atoms in total. The summed E-state index contributed by atoms with van der Waals surface area (Å²) in [5.41, 5.74) is -1.63. The number of hydrogen-bond donors (Lipinski definition) is 0. The summed E-state index contributed by atoms with van der Waals surface area (Å²) in [6, 6.07) is 4.64. The number of aromatic nitrogens is 2. The van der Waals surface area contributed by atoms with E-state index in [0.29, 0.717) is 18.7 Å². The Morgan fingerprint density at radius 3 is 1.79 bits per heavy atom. The number of piperidine rings is 1. The summed E-state index contributed by atoms with van der Waals surface area (Å²) in [5, 5.41) is 0. The summed E-state index contributed by atoms with van der Waals surface area (Å²) in [6.07, 6.45) is -4.62. The van der Waals surface area contributed by atoms with Crippen LogP contribution in [0.4, 0.5) is 32.2 Å². The maximum absolute atomic E-state index is 12.7. The molecule has 2 aromatic rings. The molecule has 29 heavy (non-hydrogen) atoms. The van der Waals surface area contributed by atoms with Gasteiger partial charge in [-0.05, 0) is 31.0 Å². The van der Waals surface area contributed by atoms with Crippen molar-refractivity contribution in [2.75, 3.05) is 4.90 Å². The van der Waals surface area contributed by atoms with Crippen LogP contribution in [0.5, 0.6) is 5.88 Å². The topological polar surface area (TPSA) is 38.2 Å². The van der Waals surface area contributed by atoms with Crippen LogP contribution >= 0.6 is 0 Å². The monoisotopic (exact) mass is 417 g/mol. The summed E-state index contributed by atoms with van der Waals surface area (Å²) in [7, 11) is 0.